The molecule has 0 heterocycles. The molecule has 4 heteroatoms. The van der Waals surface area contributed by atoms with E-state index in [4.69, 9.17) is 16.7 Å². The lowest BCUT2D eigenvalue weighted by Crippen LogP contribution is -2.26. The Balaban J connectivity index is 2.57. The van der Waals surface area contributed by atoms with Crippen LogP contribution in [0.15, 0.2) is 29.2 Å². The third kappa shape index (κ3) is 3.76. The van der Waals surface area contributed by atoms with Gasteiger partial charge in [-0.2, -0.15) is 0 Å². The fraction of sp³-hybridized carbons (Fsp3) is 0.364. The Bertz CT molecular complexity index is 346. The predicted octanol–water partition coefficient (Wildman–Crippen LogP) is 3.54. The molecule has 0 aromatic heterocycles. The van der Waals surface area contributed by atoms with Crippen LogP contribution in [0.25, 0.3) is 0 Å². The number of benzene rings is 1. The minimum Gasteiger partial charge on any atom is -0.481 e. The average molecular weight is 245 g/mol. The summed E-state index contributed by atoms with van der Waals surface area (Å²) < 4.78 is 0. The molecule has 0 aliphatic rings. The van der Waals surface area contributed by atoms with E-state index in [-0.39, 0.29) is 0 Å². The lowest BCUT2D eigenvalue weighted by molar-refractivity contribution is -0.145. The fourth-order valence-corrected chi connectivity index (χ4v) is 1.96. The molecule has 0 fully saturated rings. The van der Waals surface area contributed by atoms with E-state index in [0.29, 0.717) is 10.8 Å². The van der Waals surface area contributed by atoms with Crippen molar-refractivity contribution in [2.75, 3.05) is 5.75 Å². The molecule has 0 saturated carbocycles. The fourth-order valence-electron chi connectivity index (χ4n) is 0.856. The molecule has 0 bridgehead atoms. The average Bonchev–Trinajstić information content (AvgIpc) is 2.17. The highest BCUT2D eigenvalue weighted by molar-refractivity contribution is 7.99. The van der Waals surface area contributed by atoms with Crippen molar-refractivity contribution < 1.29 is 9.90 Å². The maximum absolute atomic E-state index is 10.9. The van der Waals surface area contributed by atoms with E-state index in [1.807, 2.05) is 12.1 Å². The van der Waals surface area contributed by atoms with Gasteiger partial charge in [0.25, 0.3) is 0 Å². The molecule has 0 unspecified atom stereocenters. The molecule has 1 rings (SSSR count). The summed E-state index contributed by atoms with van der Waals surface area (Å²) in [5, 5.41) is 9.62. The first-order chi connectivity index (χ1) is 6.92. The first-order valence-corrected chi connectivity index (χ1v) is 5.90. The third-order valence-electron chi connectivity index (χ3n) is 1.99. The van der Waals surface area contributed by atoms with Crippen molar-refractivity contribution in [1.29, 1.82) is 0 Å². The van der Waals surface area contributed by atoms with E-state index in [1.165, 1.54) is 11.8 Å². The van der Waals surface area contributed by atoms with Crippen LogP contribution in [-0.4, -0.2) is 16.8 Å². The molecule has 0 aliphatic heterocycles. The summed E-state index contributed by atoms with van der Waals surface area (Å²) in [5.41, 5.74) is -0.704. The van der Waals surface area contributed by atoms with Crippen molar-refractivity contribution in [2.45, 2.75) is 18.7 Å². The van der Waals surface area contributed by atoms with Crippen LogP contribution in [0.1, 0.15) is 13.8 Å². The van der Waals surface area contributed by atoms with Crippen molar-refractivity contribution in [1.82, 2.24) is 0 Å². The molecule has 1 aromatic rings. The maximum atomic E-state index is 10.9. The van der Waals surface area contributed by atoms with Crippen LogP contribution in [0.2, 0.25) is 5.02 Å². The SMILES string of the molecule is CC(C)(CSc1ccc(Cl)cc1)C(=O)O. The third-order valence-corrected chi connectivity index (χ3v) is 3.72. The van der Waals surface area contributed by atoms with Crippen LogP contribution < -0.4 is 0 Å². The normalized spacial score (nSPS) is 11.4. The summed E-state index contributed by atoms with van der Waals surface area (Å²) in [6, 6.07) is 7.39. The van der Waals surface area contributed by atoms with Gasteiger partial charge in [-0.3, -0.25) is 4.79 Å². The predicted molar refractivity (Wildman–Crippen MR) is 63.6 cm³/mol. The Hall–Kier alpha value is -0.670. The number of thioether (sulfide) groups is 1. The van der Waals surface area contributed by atoms with Crippen molar-refractivity contribution >= 4 is 29.3 Å². The minimum atomic E-state index is -0.774. The van der Waals surface area contributed by atoms with E-state index < -0.39 is 11.4 Å². The van der Waals surface area contributed by atoms with E-state index in [2.05, 4.69) is 0 Å². The second kappa shape index (κ2) is 4.90. The standard InChI is InChI=1S/C11H13ClO2S/c1-11(2,10(13)14)7-15-9-5-3-8(12)4-6-9/h3-6H,7H2,1-2H3,(H,13,14). The zero-order valence-corrected chi connectivity index (χ0v) is 10.2. The summed E-state index contributed by atoms with van der Waals surface area (Å²) in [5.74, 6) is -0.229. The van der Waals surface area contributed by atoms with Gasteiger partial charge in [-0.15, -0.1) is 11.8 Å². The number of carboxylic acids is 1. The molecule has 15 heavy (non-hydrogen) atoms. The van der Waals surface area contributed by atoms with Crippen LogP contribution in [-0.2, 0) is 4.79 Å². The smallest absolute Gasteiger partial charge is 0.309 e. The molecular formula is C11H13ClO2S. The molecule has 82 valence electrons. The van der Waals surface area contributed by atoms with Crippen LogP contribution >= 0.6 is 23.4 Å². The summed E-state index contributed by atoms with van der Waals surface area (Å²) in [4.78, 5) is 11.9. The highest BCUT2D eigenvalue weighted by Gasteiger charge is 2.26. The zero-order valence-electron chi connectivity index (χ0n) is 8.66. The van der Waals surface area contributed by atoms with E-state index in [1.54, 1.807) is 26.0 Å². The number of aliphatic carboxylic acids is 1. The van der Waals surface area contributed by atoms with Gasteiger partial charge in [-0.25, -0.2) is 0 Å². The van der Waals surface area contributed by atoms with Gasteiger partial charge in [-0.05, 0) is 38.1 Å². The van der Waals surface area contributed by atoms with E-state index in [0.717, 1.165) is 4.90 Å². The summed E-state index contributed by atoms with van der Waals surface area (Å²) in [7, 11) is 0. The van der Waals surface area contributed by atoms with Gasteiger partial charge in [0.15, 0.2) is 0 Å². The lowest BCUT2D eigenvalue weighted by Gasteiger charge is -2.18. The van der Waals surface area contributed by atoms with Gasteiger partial charge >= 0.3 is 5.97 Å². The number of hydrogen-bond donors (Lipinski definition) is 1. The van der Waals surface area contributed by atoms with Crippen LogP contribution in [0.3, 0.4) is 0 Å². The van der Waals surface area contributed by atoms with Gasteiger partial charge < -0.3 is 5.11 Å². The highest BCUT2D eigenvalue weighted by Crippen LogP contribution is 2.28. The lowest BCUT2D eigenvalue weighted by atomic mass is 9.97. The van der Waals surface area contributed by atoms with Gasteiger partial charge in [0.1, 0.15) is 0 Å². The monoisotopic (exact) mass is 244 g/mol. The Kier molecular flexibility index (Phi) is 4.05. The molecule has 0 spiro atoms. The number of hydrogen-bond acceptors (Lipinski definition) is 2. The Morgan fingerprint density at radius 1 is 1.40 bits per heavy atom. The second-order valence-corrected chi connectivity index (χ2v) is 5.42. The first kappa shape index (κ1) is 12.4. The van der Waals surface area contributed by atoms with Gasteiger partial charge in [0.2, 0.25) is 0 Å². The largest absolute Gasteiger partial charge is 0.481 e. The summed E-state index contributed by atoms with van der Waals surface area (Å²) in [6.45, 7) is 3.44. The molecule has 0 saturated heterocycles. The summed E-state index contributed by atoms with van der Waals surface area (Å²) >= 11 is 7.27. The van der Waals surface area contributed by atoms with E-state index >= 15 is 0 Å². The van der Waals surface area contributed by atoms with Gasteiger partial charge in [-0.1, -0.05) is 11.6 Å². The molecule has 1 N–H and O–H groups in total. The Labute approximate surface area is 98.6 Å². The Morgan fingerprint density at radius 3 is 2.40 bits per heavy atom. The van der Waals surface area contributed by atoms with Crippen LogP contribution in [0.4, 0.5) is 0 Å². The minimum absolute atomic E-state index is 0.546. The number of carbonyl (C=O) groups is 1. The molecule has 1 aromatic carbocycles. The first-order valence-electron chi connectivity index (χ1n) is 4.53. The van der Waals surface area contributed by atoms with Crippen molar-refractivity contribution in [3.63, 3.8) is 0 Å². The molecule has 0 amide bonds. The van der Waals surface area contributed by atoms with Gasteiger partial charge in [0, 0.05) is 15.7 Å². The van der Waals surface area contributed by atoms with Crippen molar-refractivity contribution in [3.8, 4) is 0 Å². The molecule has 0 atom stereocenters. The number of carboxylic acid groups (broad SMARTS) is 1. The maximum Gasteiger partial charge on any atom is 0.309 e. The number of rotatable bonds is 4. The van der Waals surface area contributed by atoms with Crippen LogP contribution in [0, 0.1) is 5.41 Å². The quantitative estimate of drug-likeness (QED) is 0.824. The molecule has 2 nitrogen and oxygen atoms in total. The van der Waals surface area contributed by atoms with E-state index in [9.17, 15) is 4.79 Å². The zero-order chi connectivity index (χ0) is 11.5. The molecule has 0 aliphatic carbocycles. The van der Waals surface area contributed by atoms with Crippen LogP contribution in [0.5, 0.6) is 0 Å². The Morgan fingerprint density at radius 2 is 1.93 bits per heavy atom. The topological polar surface area (TPSA) is 37.3 Å². The molecule has 0 radical (unpaired) electrons. The number of halogens is 1. The second-order valence-electron chi connectivity index (χ2n) is 3.93. The highest BCUT2D eigenvalue weighted by atomic mass is 35.5. The van der Waals surface area contributed by atoms with Crippen molar-refractivity contribution in [3.05, 3.63) is 29.3 Å². The molecular weight excluding hydrogens is 232 g/mol. The summed E-state index contributed by atoms with van der Waals surface area (Å²) in [6.07, 6.45) is 0. The van der Waals surface area contributed by atoms with Crippen molar-refractivity contribution in [2.24, 2.45) is 5.41 Å². The van der Waals surface area contributed by atoms with Gasteiger partial charge in [0.05, 0.1) is 5.41 Å².